The number of halogens is 2. The molecule has 240 valence electrons. The lowest BCUT2D eigenvalue weighted by Crippen LogP contribution is -2.46. The van der Waals surface area contributed by atoms with Crippen LogP contribution in [0, 0.1) is 0 Å². The number of hydrogen-bond acceptors (Lipinski definition) is 6. The molecule has 6 nitrogen and oxygen atoms in total. The molecule has 0 spiro atoms. The van der Waals surface area contributed by atoms with Crippen LogP contribution in [-0.2, 0) is 17.7 Å². The Morgan fingerprint density at radius 3 is 2.30 bits per heavy atom. The average molecular weight is 659 g/mol. The zero-order valence-electron chi connectivity index (χ0n) is 26.4. The Bertz CT molecular complexity index is 1630. The molecular weight excluding hydrogens is 617 g/mol. The van der Waals surface area contributed by atoms with E-state index < -0.39 is 5.97 Å². The first-order valence-electron chi connectivity index (χ1n) is 16.3. The summed E-state index contributed by atoms with van der Waals surface area (Å²) < 4.78 is 11.3. The Balaban J connectivity index is 1.11. The van der Waals surface area contributed by atoms with Crippen molar-refractivity contribution >= 4 is 34.9 Å². The van der Waals surface area contributed by atoms with Gasteiger partial charge >= 0.3 is 5.97 Å². The van der Waals surface area contributed by atoms with Crippen LogP contribution in [0.2, 0.25) is 10.0 Å². The smallest absolute Gasteiger partial charge is 0.341 e. The van der Waals surface area contributed by atoms with Crippen molar-refractivity contribution in [3.63, 3.8) is 0 Å². The molecule has 6 rings (SSSR count). The zero-order chi connectivity index (χ0) is 31.9. The van der Waals surface area contributed by atoms with Crippen molar-refractivity contribution in [2.75, 3.05) is 57.3 Å². The summed E-state index contributed by atoms with van der Waals surface area (Å²) in [6.07, 6.45) is 3.72. The van der Waals surface area contributed by atoms with Crippen LogP contribution in [0.4, 0.5) is 5.69 Å². The minimum Gasteiger partial charge on any atom is -0.462 e. The first-order chi connectivity index (χ1) is 22.5. The maximum atomic E-state index is 12.4. The average Bonchev–Trinajstić information content (AvgIpc) is 3.59. The van der Waals surface area contributed by atoms with Gasteiger partial charge in [-0.15, -0.1) is 0 Å². The second kappa shape index (κ2) is 15.4. The van der Waals surface area contributed by atoms with Crippen molar-refractivity contribution in [3.05, 3.63) is 112 Å². The van der Waals surface area contributed by atoms with Gasteiger partial charge in [0.2, 0.25) is 0 Å². The van der Waals surface area contributed by atoms with E-state index in [1.54, 1.807) is 25.1 Å². The largest absolute Gasteiger partial charge is 0.462 e. The van der Waals surface area contributed by atoms with E-state index in [2.05, 4.69) is 45.0 Å². The van der Waals surface area contributed by atoms with Crippen LogP contribution in [0.15, 0.2) is 84.9 Å². The summed E-state index contributed by atoms with van der Waals surface area (Å²) in [5, 5.41) is 1.37. The number of anilines is 1. The fourth-order valence-electron chi connectivity index (χ4n) is 6.39. The highest BCUT2D eigenvalue weighted by Crippen LogP contribution is 2.34. The minimum atomic E-state index is -0.409. The van der Waals surface area contributed by atoms with Gasteiger partial charge in [0.05, 0.1) is 17.3 Å². The fraction of sp³-hybridized carbons (Fsp3) is 0.342. The number of likely N-dealkylation sites (tertiary alicyclic amines) is 1. The highest BCUT2D eigenvalue weighted by atomic mass is 35.5. The molecule has 4 aromatic rings. The third-order valence-electron chi connectivity index (χ3n) is 8.88. The van der Waals surface area contributed by atoms with E-state index in [-0.39, 0.29) is 0 Å². The Morgan fingerprint density at radius 1 is 0.804 bits per heavy atom. The van der Waals surface area contributed by atoms with Crippen LogP contribution in [0.1, 0.15) is 41.3 Å². The maximum Gasteiger partial charge on any atom is 0.341 e. The molecule has 2 aliphatic heterocycles. The Kier molecular flexibility index (Phi) is 10.8. The minimum absolute atomic E-state index is 0.301. The van der Waals surface area contributed by atoms with Crippen molar-refractivity contribution in [2.45, 2.75) is 32.7 Å². The summed E-state index contributed by atoms with van der Waals surface area (Å²) in [5.41, 5.74) is 6.60. The van der Waals surface area contributed by atoms with E-state index in [0.717, 1.165) is 56.4 Å². The molecule has 0 saturated carbocycles. The molecule has 0 N–H and O–H groups in total. The molecule has 2 heterocycles. The third-order valence-corrected chi connectivity index (χ3v) is 9.43. The number of carbonyl (C=O) groups excluding carboxylic acids is 1. The summed E-state index contributed by atoms with van der Waals surface area (Å²) in [6, 6.07) is 28.0. The summed E-state index contributed by atoms with van der Waals surface area (Å²) >= 11 is 13.0. The van der Waals surface area contributed by atoms with Crippen LogP contribution in [0.3, 0.4) is 0 Å². The van der Waals surface area contributed by atoms with Gasteiger partial charge in [-0.1, -0.05) is 65.7 Å². The quantitative estimate of drug-likeness (QED) is 0.151. The standard InChI is InChI=1S/C38H41Cl2N3O3/c1-2-45-38(44)34-7-3-4-8-37(34)46-32-14-16-36(35(40)26-32)43-23-21-42(22-24-43)27-30-25-28(17-20-41-18-5-6-19-41)9-15-33(30)29-10-12-31(39)13-11-29/h3-4,7-16,25-26H,2,5-6,17-24,27H2,1H3. The van der Waals surface area contributed by atoms with Gasteiger partial charge in [0.1, 0.15) is 17.1 Å². The predicted molar refractivity (Wildman–Crippen MR) is 188 cm³/mol. The number of ether oxygens (including phenoxy) is 2. The Morgan fingerprint density at radius 2 is 1.57 bits per heavy atom. The monoisotopic (exact) mass is 657 g/mol. The lowest BCUT2D eigenvalue weighted by molar-refractivity contribution is 0.0523. The lowest BCUT2D eigenvalue weighted by Gasteiger charge is -2.37. The van der Waals surface area contributed by atoms with Gasteiger partial charge < -0.3 is 19.3 Å². The van der Waals surface area contributed by atoms with Gasteiger partial charge in [0.25, 0.3) is 0 Å². The van der Waals surface area contributed by atoms with Crippen LogP contribution >= 0.6 is 23.2 Å². The highest BCUT2D eigenvalue weighted by molar-refractivity contribution is 6.33. The van der Waals surface area contributed by atoms with E-state index >= 15 is 0 Å². The summed E-state index contributed by atoms with van der Waals surface area (Å²) in [5.74, 6) is 0.604. The number of rotatable bonds is 11. The number of carbonyl (C=O) groups is 1. The molecule has 0 aliphatic carbocycles. The molecule has 0 radical (unpaired) electrons. The first kappa shape index (κ1) is 32.4. The number of hydrogen-bond donors (Lipinski definition) is 0. The molecule has 8 heteroatoms. The molecule has 0 bridgehead atoms. The summed E-state index contributed by atoms with van der Waals surface area (Å²) in [4.78, 5) is 19.8. The third kappa shape index (κ3) is 8.05. The Hall–Kier alpha value is -3.55. The van der Waals surface area contributed by atoms with Crippen LogP contribution in [0.25, 0.3) is 11.1 Å². The zero-order valence-corrected chi connectivity index (χ0v) is 27.9. The van der Waals surface area contributed by atoms with Crippen molar-refractivity contribution in [3.8, 4) is 22.6 Å². The molecule has 2 fully saturated rings. The molecule has 0 atom stereocenters. The first-order valence-corrected chi connectivity index (χ1v) is 17.0. The second-order valence-electron chi connectivity index (χ2n) is 12.0. The van der Waals surface area contributed by atoms with Crippen molar-refractivity contribution in [2.24, 2.45) is 0 Å². The molecule has 0 amide bonds. The number of para-hydroxylation sites is 1. The highest BCUT2D eigenvalue weighted by Gasteiger charge is 2.22. The molecule has 0 aromatic heterocycles. The fourth-order valence-corrected chi connectivity index (χ4v) is 6.81. The summed E-state index contributed by atoms with van der Waals surface area (Å²) in [6.45, 7) is 10.2. The normalized spacial score (nSPS) is 15.7. The number of benzene rings is 4. The predicted octanol–water partition coefficient (Wildman–Crippen LogP) is 8.59. The van der Waals surface area contributed by atoms with Gasteiger partial charge in [0, 0.05) is 50.4 Å². The molecule has 4 aromatic carbocycles. The van der Waals surface area contributed by atoms with Crippen molar-refractivity contribution in [1.29, 1.82) is 0 Å². The number of piperazine rings is 1. The van der Waals surface area contributed by atoms with Gasteiger partial charge in [-0.25, -0.2) is 4.79 Å². The molecular formula is C38H41Cl2N3O3. The molecule has 0 unspecified atom stereocenters. The van der Waals surface area contributed by atoms with E-state index in [9.17, 15) is 4.79 Å². The summed E-state index contributed by atoms with van der Waals surface area (Å²) in [7, 11) is 0. The number of nitrogens with zero attached hydrogens (tertiary/aromatic N) is 3. The van der Waals surface area contributed by atoms with E-state index in [4.69, 9.17) is 32.7 Å². The van der Waals surface area contributed by atoms with Crippen LogP contribution in [0.5, 0.6) is 11.5 Å². The van der Waals surface area contributed by atoms with Crippen molar-refractivity contribution < 1.29 is 14.3 Å². The van der Waals surface area contributed by atoms with Gasteiger partial charge in [0.15, 0.2) is 0 Å². The van der Waals surface area contributed by atoms with Gasteiger partial charge in [-0.05, 0) is 97.9 Å². The molecule has 2 saturated heterocycles. The van der Waals surface area contributed by atoms with E-state index in [1.165, 1.54) is 48.2 Å². The van der Waals surface area contributed by atoms with Crippen LogP contribution < -0.4 is 9.64 Å². The second-order valence-corrected chi connectivity index (χ2v) is 12.8. The van der Waals surface area contributed by atoms with Gasteiger partial charge in [-0.2, -0.15) is 0 Å². The van der Waals surface area contributed by atoms with Crippen LogP contribution in [-0.4, -0.2) is 68.2 Å². The molecule has 2 aliphatic rings. The van der Waals surface area contributed by atoms with E-state index in [0.29, 0.717) is 28.7 Å². The number of esters is 1. The van der Waals surface area contributed by atoms with E-state index in [1.807, 2.05) is 36.4 Å². The topological polar surface area (TPSA) is 45.3 Å². The molecule has 46 heavy (non-hydrogen) atoms. The Labute approximate surface area is 282 Å². The van der Waals surface area contributed by atoms with Crippen molar-refractivity contribution in [1.82, 2.24) is 9.80 Å². The maximum absolute atomic E-state index is 12.4. The van der Waals surface area contributed by atoms with Gasteiger partial charge in [-0.3, -0.25) is 4.90 Å². The SMILES string of the molecule is CCOC(=O)c1ccccc1Oc1ccc(N2CCN(Cc3cc(CCN4CCCC4)ccc3-c3ccc(Cl)cc3)CC2)c(Cl)c1. The lowest BCUT2D eigenvalue weighted by atomic mass is 9.96.